The van der Waals surface area contributed by atoms with Gasteiger partial charge in [0.15, 0.2) is 0 Å². The molecular formula is C49H60Cl2FN7O7. The van der Waals surface area contributed by atoms with Gasteiger partial charge in [0, 0.05) is 81.0 Å². The van der Waals surface area contributed by atoms with Gasteiger partial charge in [-0.3, -0.25) is 19.2 Å². The average Bonchev–Trinajstić information content (AvgIpc) is 3.65. The number of likely N-dealkylation sites (N-methyl/N-ethyl adjacent to an activating group) is 1. The van der Waals surface area contributed by atoms with Gasteiger partial charge in [0.25, 0.3) is 0 Å². The van der Waals surface area contributed by atoms with Crippen molar-refractivity contribution in [3.63, 3.8) is 0 Å². The number of piperidine rings is 1. The van der Waals surface area contributed by atoms with E-state index in [9.17, 15) is 9.59 Å². The van der Waals surface area contributed by atoms with E-state index in [0.29, 0.717) is 69.2 Å². The molecule has 4 amide bonds. The third-order valence-corrected chi connectivity index (χ3v) is 13.9. The molecule has 1 aromatic heterocycles. The van der Waals surface area contributed by atoms with Gasteiger partial charge in [-0.2, -0.15) is 0 Å². The number of halogens is 3. The smallest absolute Gasteiger partial charge is 0.247 e. The minimum absolute atomic E-state index is 0.0289. The van der Waals surface area contributed by atoms with Crippen LogP contribution in [0.4, 0.5) is 4.39 Å². The number of fused-ring (bicyclic) bond motifs is 2. The first-order valence-electron chi connectivity index (χ1n) is 22.5. The number of hydrogen-bond donors (Lipinski definition) is 1. The molecule has 17 heteroatoms. The molecule has 0 radical (unpaired) electrons. The lowest BCUT2D eigenvalue weighted by atomic mass is 9.78. The lowest BCUT2D eigenvalue weighted by Crippen LogP contribution is -2.66. The second-order valence-electron chi connectivity index (χ2n) is 18.1. The number of methoxy groups -OCH3 is 1. The van der Waals surface area contributed by atoms with Crippen molar-refractivity contribution in [1.82, 2.24) is 34.5 Å². The number of rotatable bonds is 12. The van der Waals surface area contributed by atoms with E-state index >= 15 is 14.0 Å². The Labute approximate surface area is 396 Å². The number of benzene rings is 3. The first-order valence-corrected chi connectivity index (χ1v) is 23.2. The summed E-state index contributed by atoms with van der Waals surface area (Å²) in [6, 6.07) is 14.9. The molecule has 0 aliphatic carbocycles. The molecule has 0 saturated carbocycles. The fourth-order valence-electron chi connectivity index (χ4n) is 9.58. The standard InChI is InChI=1S/C49H60Cl2FN7O7/c1-31-46(61)54-41(29-64-6)48(63)57(5)49(25-32-8-12-35(50)13-9-32)18-7-19-58(30-49)47(62)38(33-16-20-65-21-17-33)24-45(60)59(31)27-39-40(52)22-36(51)23-43(39)66-37-14-10-34(11-15-37)42-26-53-44(56(42)4)28-55(2)3/h8-15,22-23,26,31,33,38,41H,7,16-21,24-25,27-30H2,1-6H3,(H,54,61)/t31-,38?,41-,49+/m0/s1. The van der Waals surface area contributed by atoms with Crippen molar-refractivity contribution in [1.29, 1.82) is 0 Å². The van der Waals surface area contributed by atoms with Crippen LogP contribution in [0.5, 0.6) is 11.5 Å². The largest absolute Gasteiger partial charge is 0.457 e. The van der Waals surface area contributed by atoms with E-state index in [4.69, 9.17) is 37.4 Å². The van der Waals surface area contributed by atoms with Crippen LogP contribution in [0, 0.1) is 17.7 Å². The van der Waals surface area contributed by atoms with Gasteiger partial charge in [-0.15, -0.1) is 0 Å². The molecule has 354 valence electrons. The van der Waals surface area contributed by atoms with Crippen LogP contribution in [0.15, 0.2) is 66.9 Å². The van der Waals surface area contributed by atoms with Crippen molar-refractivity contribution in [2.75, 3.05) is 61.2 Å². The summed E-state index contributed by atoms with van der Waals surface area (Å²) in [5.41, 5.74) is 1.82. The first kappa shape index (κ1) is 48.9. The van der Waals surface area contributed by atoms with Gasteiger partial charge in [0.1, 0.15) is 35.2 Å². The molecule has 4 atom stereocenters. The highest BCUT2D eigenvalue weighted by Gasteiger charge is 2.47. The monoisotopic (exact) mass is 947 g/mol. The van der Waals surface area contributed by atoms with Gasteiger partial charge in [-0.25, -0.2) is 9.37 Å². The summed E-state index contributed by atoms with van der Waals surface area (Å²) in [7, 11) is 9.05. The molecular weight excluding hydrogens is 888 g/mol. The van der Waals surface area contributed by atoms with Crippen molar-refractivity contribution < 1.29 is 37.8 Å². The van der Waals surface area contributed by atoms with Crippen LogP contribution in [0.1, 0.15) is 56.0 Å². The first-order chi connectivity index (χ1) is 31.6. The van der Waals surface area contributed by atoms with Crippen LogP contribution < -0.4 is 10.1 Å². The number of nitrogens with one attached hydrogen (secondary N) is 1. The van der Waals surface area contributed by atoms with E-state index in [1.807, 2.05) is 61.1 Å². The van der Waals surface area contributed by atoms with E-state index in [2.05, 4.69) is 10.3 Å². The van der Waals surface area contributed by atoms with Crippen LogP contribution in [-0.2, 0) is 55.2 Å². The Kier molecular flexibility index (Phi) is 15.7. The SMILES string of the molecule is COC[C@@H]1NC(=O)[C@H](C)N(Cc2c(F)cc(Cl)cc2Oc2ccc(-c3cnc(CN(C)C)n3C)cc2)C(=O)CC(C2CCOCC2)C(=O)N2CCC[C@@](Cc3ccc(Cl)cc3)(C2)N(C)C1=O. The Morgan fingerprint density at radius 3 is 2.36 bits per heavy atom. The molecule has 2 bridgehead atoms. The molecule has 4 heterocycles. The van der Waals surface area contributed by atoms with Crippen molar-refractivity contribution in [2.45, 2.75) is 76.2 Å². The fourth-order valence-corrected chi connectivity index (χ4v) is 9.90. The van der Waals surface area contributed by atoms with Crippen LogP contribution in [0.2, 0.25) is 10.0 Å². The Bertz CT molecular complexity index is 2380. The molecule has 3 aliphatic rings. The summed E-state index contributed by atoms with van der Waals surface area (Å²) >= 11 is 12.7. The number of carbonyl (C=O) groups excluding carboxylic acids is 4. The minimum atomic E-state index is -1.25. The zero-order valence-electron chi connectivity index (χ0n) is 38.5. The Balaban J connectivity index is 1.24. The van der Waals surface area contributed by atoms with Crippen molar-refractivity contribution in [3.05, 3.63) is 99.7 Å². The Hall–Kier alpha value is -5.06. The molecule has 66 heavy (non-hydrogen) atoms. The summed E-state index contributed by atoms with van der Waals surface area (Å²) in [5, 5.41) is 3.52. The minimum Gasteiger partial charge on any atom is -0.457 e. The second kappa shape index (κ2) is 21.3. The van der Waals surface area contributed by atoms with Gasteiger partial charge in [-0.1, -0.05) is 35.3 Å². The van der Waals surface area contributed by atoms with Crippen LogP contribution >= 0.6 is 23.2 Å². The van der Waals surface area contributed by atoms with E-state index < -0.39 is 53.6 Å². The zero-order chi connectivity index (χ0) is 47.3. The molecule has 3 saturated heterocycles. The van der Waals surface area contributed by atoms with E-state index in [1.54, 1.807) is 41.1 Å². The molecule has 3 aromatic carbocycles. The molecule has 3 fully saturated rings. The van der Waals surface area contributed by atoms with E-state index in [0.717, 1.165) is 28.7 Å². The predicted molar refractivity (Wildman–Crippen MR) is 249 cm³/mol. The van der Waals surface area contributed by atoms with Gasteiger partial charge in [-0.05, 0) is 113 Å². The number of imidazole rings is 1. The second-order valence-corrected chi connectivity index (χ2v) is 19.0. The Morgan fingerprint density at radius 1 is 0.970 bits per heavy atom. The number of hydrogen-bond acceptors (Lipinski definition) is 9. The molecule has 1 unspecified atom stereocenters. The molecule has 3 aliphatic heterocycles. The maximum absolute atomic E-state index is 16.4. The third-order valence-electron chi connectivity index (χ3n) is 13.4. The number of amides is 4. The number of aromatic nitrogens is 2. The summed E-state index contributed by atoms with van der Waals surface area (Å²) in [4.78, 5) is 70.6. The highest BCUT2D eigenvalue weighted by atomic mass is 35.5. The Morgan fingerprint density at radius 2 is 1.68 bits per heavy atom. The van der Waals surface area contributed by atoms with Gasteiger partial charge < -0.3 is 43.7 Å². The zero-order valence-corrected chi connectivity index (χ0v) is 40.0. The van der Waals surface area contributed by atoms with E-state index in [1.165, 1.54) is 25.0 Å². The lowest BCUT2D eigenvalue weighted by Gasteiger charge is -2.50. The van der Waals surface area contributed by atoms with Gasteiger partial charge in [0.05, 0.1) is 37.1 Å². The maximum Gasteiger partial charge on any atom is 0.247 e. The molecule has 4 aromatic rings. The predicted octanol–water partition coefficient (Wildman–Crippen LogP) is 6.74. The maximum atomic E-state index is 16.4. The number of nitrogens with zero attached hydrogens (tertiary/aromatic N) is 6. The van der Waals surface area contributed by atoms with Crippen LogP contribution in [0.25, 0.3) is 11.3 Å². The summed E-state index contributed by atoms with van der Waals surface area (Å²) in [5.74, 6) is -2.24. The molecule has 14 nitrogen and oxygen atoms in total. The van der Waals surface area contributed by atoms with Crippen LogP contribution in [-0.4, -0.2) is 132 Å². The van der Waals surface area contributed by atoms with Gasteiger partial charge >= 0.3 is 0 Å². The highest BCUT2D eigenvalue weighted by molar-refractivity contribution is 6.31. The number of ether oxygens (including phenoxy) is 3. The lowest BCUT2D eigenvalue weighted by molar-refractivity contribution is -0.154. The fraction of sp³-hybridized carbons (Fsp3) is 0.490. The summed E-state index contributed by atoms with van der Waals surface area (Å²) < 4.78 is 35.9. The van der Waals surface area contributed by atoms with Crippen molar-refractivity contribution in [2.24, 2.45) is 18.9 Å². The molecule has 7 rings (SSSR count). The molecule has 1 N–H and O–H groups in total. The summed E-state index contributed by atoms with van der Waals surface area (Å²) in [6.07, 6.45) is 4.28. The third kappa shape index (κ3) is 11.0. The van der Waals surface area contributed by atoms with E-state index in [-0.39, 0.29) is 47.7 Å². The quantitative estimate of drug-likeness (QED) is 0.164. The number of carbonyl (C=O) groups is 4. The summed E-state index contributed by atoms with van der Waals surface area (Å²) in [6.45, 7) is 3.12. The van der Waals surface area contributed by atoms with Crippen LogP contribution in [0.3, 0.4) is 0 Å². The molecule has 0 spiro atoms. The van der Waals surface area contributed by atoms with Crippen molar-refractivity contribution in [3.8, 4) is 22.8 Å². The van der Waals surface area contributed by atoms with Crippen molar-refractivity contribution >= 4 is 46.8 Å². The van der Waals surface area contributed by atoms with Gasteiger partial charge in [0.2, 0.25) is 23.6 Å². The average molecular weight is 949 g/mol. The normalized spacial score (nSPS) is 22.8. The highest BCUT2D eigenvalue weighted by Crippen LogP contribution is 2.38. The topological polar surface area (TPSA) is 139 Å².